The van der Waals surface area contributed by atoms with E-state index in [4.69, 9.17) is 13.9 Å². The highest BCUT2D eigenvalue weighted by atomic mass is 16.5. The number of methoxy groups -OCH3 is 1. The van der Waals surface area contributed by atoms with Gasteiger partial charge in [0, 0.05) is 44.7 Å². The SMILES string of the molecule is COc1cc(N2CCC(=O)N(CCOc3ccccc3)CC2)ccc1-c1cnc(C)o1. The van der Waals surface area contributed by atoms with Crippen molar-refractivity contribution >= 4 is 11.6 Å². The number of rotatable bonds is 7. The molecule has 7 nitrogen and oxygen atoms in total. The molecule has 0 atom stereocenters. The molecule has 1 aliphatic rings. The van der Waals surface area contributed by atoms with Gasteiger partial charge in [-0.1, -0.05) is 18.2 Å². The lowest BCUT2D eigenvalue weighted by atomic mass is 10.1. The molecule has 0 saturated carbocycles. The molecule has 162 valence electrons. The molecule has 0 unspecified atom stereocenters. The van der Waals surface area contributed by atoms with Gasteiger partial charge in [-0.15, -0.1) is 0 Å². The van der Waals surface area contributed by atoms with E-state index in [0.29, 0.717) is 44.3 Å². The summed E-state index contributed by atoms with van der Waals surface area (Å²) in [6, 6.07) is 15.7. The largest absolute Gasteiger partial charge is 0.496 e. The Morgan fingerprint density at radius 2 is 1.94 bits per heavy atom. The second kappa shape index (κ2) is 9.55. The van der Waals surface area contributed by atoms with Crippen LogP contribution in [0.4, 0.5) is 5.69 Å². The first-order valence-corrected chi connectivity index (χ1v) is 10.5. The molecule has 1 aliphatic heterocycles. The van der Waals surface area contributed by atoms with Gasteiger partial charge < -0.3 is 23.7 Å². The molecule has 31 heavy (non-hydrogen) atoms. The zero-order valence-corrected chi connectivity index (χ0v) is 17.9. The predicted molar refractivity (Wildman–Crippen MR) is 119 cm³/mol. The number of para-hydroxylation sites is 1. The van der Waals surface area contributed by atoms with Crippen LogP contribution in [0.25, 0.3) is 11.3 Å². The number of aryl methyl sites for hydroxylation is 1. The standard InChI is InChI=1S/C24H27N3O4/c1-18-25-17-23(31-18)21-9-8-19(16-22(21)29-2)26-11-10-24(28)27(13-12-26)14-15-30-20-6-4-3-5-7-20/h3-9,16-17H,10-15H2,1-2H3. The lowest BCUT2D eigenvalue weighted by Gasteiger charge is -2.24. The molecule has 0 aliphatic carbocycles. The summed E-state index contributed by atoms with van der Waals surface area (Å²) < 4.78 is 17.0. The maximum atomic E-state index is 12.6. The van der Waals surface area contributed by atoms with Gasteiger partial charge in [0.15, 0.2) is 11.7 Å². The predicted octanol–water partition coefficient (Wildman–Crippen LogP) is 3.78. The van der Waals surface area contributed by atoms with Gasteiger partial charge in [-0.25, -0.2) is 4.98 Å². The van der Waals surface area contributed by atoms with Crippen molar-refractivity contribution < 1.29 is 18.7 Å². The van der Waals surface area contributed by atoms with Gasteiger partial charge >= 0.3 is 0 Å². The Morgan fingerprint density at radius 3 is 2.68 bits per heavy atom. The Labute approximate surface area is 182 Å². The third-order valence-electron chi connectivity index (χ3n) is 5.40. The molecule has 7 heteroatoms. The van der Waals surface area contributed by atoms with E-state index in [0.717, 1.165) is 29.3 Å². The summed E-state index contributed by atoms with van der Waals surface area (Å²) in [5.41, 5.74) is 1.88. The highest BCUT2D eigenvalue weighted by Crippen LogP contribution is 2.34. The van der Waals surface area contributed by atoms with Crippen molar-refractivity contribution in [3.8, 4) is 22.8 Å². The summed E-state index contributed by atoms with van der Waals surface area (Å²) in [4.78, 5) is 20.9. The van der Waals surface area contributed by atoms with Crippen molar-refractivity contribution in [2.24, 2.45) is 0 Å². The molecule has 0 bridgehead atoms. The number of anilines is 1. The van der Waals surface area contributed by atoms with Crippen LogP contribution < -0.4 is 14.4 Å². The number of aromatic nitrogens is 1. The van der Waals surface area contributed by atoms with Crippen LogP contribution in [0.2, 0.25) is 0 Å². The Hall–Kier alpha value is -3.48. The highest BCUT2D eigenvalue weighted by Gasteiger charge is 2.22. The first kappa shape index (κ1) is 20.8. The average Bonchev–Trinajstić information content (AvgIpc) is 3.15. The zero-order chi connectivity index (χ0) is 21.6. The van der Waals surface area contributed by atoms with Crippen LogP contribution in [-0.4, -0.2) is 55.7 Å². The molecule has 1 saturated heterocycles. The Balaban J connectivity index is 1.40. The van der Waals surface area contributed by atoms with Gasteiger partial charge in [-0.05, 0) is 24.3 Å². The second-order valence-electron chi connectivity index (χ2n) is 7.41. The fraction of sp³-hybridized carbons (Fsp3) is 0.333. The minimum atomic E-state index is 0.153. The van der Waals surface area contributed by atoms with Crippen LogP contribution in [0.15, 0.2) is 59.1 Å². The Kier molecular flexibility index (Phi) is 6.40. The van der Waals surface area contributed by atoms with Crippen molar-refractivity contribution in [3.05, 3.63) is 60.6 Å². The van der Waals surface area contributed by atoms with Crippen LogP contribution in [0.3, 0.4) is 0 Å². The van der Waals surface area contributed by atoms with Crippen molar-refractivity contribution in [1.29, 1.82) is 0 Å². The number of carbonyl (C=O) groups excluding carboxylic acids is 1. The molecule has 0 N–H and O–H groups in total. The van der Waals surface area contributed by atoms with Gasteiger partial charge in [0.2, 0.25) is 5.91 Å². The number of hydrogen-bond donors (Lipinski definition) is 0. The first-order valence-electron chi connectivity index (χ1n) is 10.5. The number of nitrogens with zero attached hydrogens (tertiary/aromatic N) is 3. The second-order valence-corrected chi connectivity index (χ2v) is 7.41. The topological polar surface area (TPSA) is 68.0 Å². The summed E-state index contributed by atoms with van der Waals surface area (Å²) in [7, 11) is 1.65. The number of carbonyl (C=O) groups is 1. The number of ether oxygens (including phenoxy) is 2. The summed E-state index contributed by atoms with van der Waals surface area (Å²) in [6.45, 7) is 4.95. The summed E-state index contributed by atoms with van der Waals surface area (Å²) in [5.74, 6) is 2.98. The summed E-state index contributed by atoms with van der Waals surface area (Å²) in [5, 5.41) is 0. The minimum Gasteiger partial charge on any atom is -0.496 e. The number of oxazole rings is 1. The van der Waals surface area contributed by atoms with Gasteiger partial charge in [-0.3, -0.25) is 4.79 Å². The van der Waals surface area contributed by atoms with Crippen molar-refractivity contribution in [3.63, 3.8) is 0 Å². The smallest absolute Gasteiger partial charge is 0.224 e. The molecular formula is C24H27N3O4. The third kappa shape index (κ3) is 4.99. The molecule has 1 fully saturated rings. The maximum absolute atomic E-state index is 12.6. The van der Waals surface area contributed by atoms with Crippen LogP contribution in [0.1, 0.15) is 12.3 Å². The van der Waals surface area contributed by atoms with Crippen LogP contribution in [0.5, 0.6) is 11.5 Å². The molecule has 0 spiro atoms. The van der Waals surface area contributed by atoms with E-state index < -0.39 is 0 Å². The van der Waals surface area contributed by atoms with E-state index >= 15 is 0 Å². The molecule has 0 radical (unpaired) electrons. The zero-order valence-electron chi connectivity index (χ0n) is 17.9. The van der Waals surface area contributed by atoms with Gasteiger partial charge in [0.1, 0.15) is 18.1 Å². The fourth-order valence-electron chi connectivity index (χ4n) is 3.72. The fourth-order valence-corrected chi connectivity index (χ4v) is 3.72. The number of hydrogen-bond acceptors (Lipinski definition) is 6. The average molecular weight is 421 g/mol. The summed E-state index contributed by atoms with van der Waals surface area (Å²) >= 11 is 0. The highest BCUT2D eigenvalue weighted by molar-refractivity contribution is 5.78. The van der Waals surface area contributed by atoms with Crippen LogP contribution >= 0.6 is 0 Å². The van der Waals surface area contributed by atoms with Gasteiger partial charge in [0.05, 0.1) is 25.4 Å². The van der Waals surface area contributed by atoms with E-state index in [9.17, 15) is 4.79 Å². The minimum absolute atomic E-state index is 0.153. The molecule has 3 aromatic rings. The van der Waals surface area contributed by atoms with Crippen molar-refractivity contribution in [2.75, 3.05) is 44.8 Å². The van der Waals surface area contributed by atoms with Crippen molar-refractivity contribution in [2.45, 2.75) is 13.3 Å². The molecule has 4 rings (SSSR count). The van der Waals surface area contributed by atoms with Gasteiger partial charge in [-0.2, -0.15) is 0 Å². The molecule has 2 heterocycles. The van der Waals surface area contributed by atoms with E-state index in [-0.39, 0.29) is 5.91 Å². The van der Waals surface area contributed by atoms with E-state index in [1.165, 1.54) is 0 Å². The normalized spacial score (nSPS) is 14.5. The number of benzene rings is 2. The van der Waals surface area contributed by atoms with Crippen LogP contribution in [-0.2, 0) is 4.79 Å². The third-order valence-corrected chi connectivity index (χ3v) is 5.40. The monoisotopic (exact) mass is 421 g/mol. The molecular weight excluding hydrogens is 394 g/mol. The summed E-state index contributed by atoms with van der Waals surface area (Å²) in [6.07, 6.45) is 2.17. The molecule has 1 amide bonds. The van der Waals surface area contributed by atoms with Gasteiger partial charge in [0.25, 0.3) is 0 Å². The lowest BCUT2D eigenvalue weighted by molar-refractivity contribution is -0.130. The Bertz CT molecular complexity index is 1020. The Morgan fingerprint density at radius 1 is 1.10 bits per heavy atom. The van der Waals surface area contributed by atoms with E-state index in [1.54, 1.807) is 13.3 Å². The molecule has 1 aromatic heterocycles. The van der Waals surface area contributed by atoms with E-state index in [2.05, 4.69) is 9.88 Å². The first-order chi connectivity index (χ1) is 15.1. The van der Waals surface area contributed by atoms with E-state index in [1.807, 2.05) is 60.4 Å². The lowest BCUT2D eigenvalue weighted by Crippen LogP contribution is -2.36. The molecule has 2 aromatic carbocycles. The quantitative estimate of drug-likeness (QED) is 0.578. The number of amides is 1. The van der Waals surface area contributed by atoms with Crippen LogP contribution in [0, 0.1) is 6.92 Å². The maximum Gasteiger partial charge on any atom is 0.224 e. The van der Waals surface area contributed by atoms with Crippen molar-refractivity contribution in [1.82, 2.24) is 9.88 Å².